The second-order valence-electron chi connectivity index (χ2n) is 14.0. The van der Waals surface area contributed by atoms with Crippen molar-refractivity contribution < 1.29 is 4.42 Å². The Bertz CT molecular complexity index is 3480. The lowest BCUT2D eigenvalue weighted by atomic mass is 10.0. The number of hydrogen-bond acceptors (Lipinski definition) is 8. The van der Waals surface area contributed by atoms with Gasteiger partial charge >= 0.3 is 0 Å². The van der Waals surface area contributed by atoms with E-state index in [9.17, 15) is 0 Å². The van der Waals surface area contributed by atoms with Crippen LogP contribution in [0.15, 0.2) is 168 Å². The van der Waals surface area contributed by atoms with Gasteiger partial charge in [-0.25, -0.2) is 24.9 Å². The van der Waals surface area contributed by atoms with Crippen LogP contribution in [0.4, 0.5) is 0 Å². The first-order chi connectivity index (χ1) is 28.2. The van der Waals surface area contributed by atoms with Gasteiger partial charge in [-0.3, -0.25) is 0 Å². The van der Waals surface area contributed by atoms with Gasteiger partial charge in [0, 0.05) is 68.8 Å². The molecule has 7 aromatic carbocycles. The monoisotopic (exact) mass is 765 g/mol. The average molecular weight is 766 g/mol. The lowest BCUT2D eigenvalue weighted by Gasteiger charge is -2.11. The third kappa shape index (κ3) is 5.12. The molecule has 12 rings (SSSR count). The topological polar surface area (TPSA) is 77.6 Å². The van der Waals surface area contributed by atoms with E-state index in [1.54, 1.807) is 11.3 Å². The summed E-state index contributed by atoms with van der Waals surface area (Å²) in [5.41, 5.74) is 7.98. The Kier molecular flexibility index (Phi) is 7.17. The fourth-order valence-corrected chi connectivity index (χ4v) is 10.4. The summed E-state index contributed by atoms with van der Waals surface area (Å²) in [7, 11) is 0. The quantitative estimate of drug-likeness (QED) is 0.174. The molecule has 0 bridgehead atoms. The van der Waals surface area contributed by atoms with E-state index in [-0.39, 0.29) is 0 Å². The lowest BCUT2D eigenvalue weighted by molar-refractivity contribution is 0.669. The third-order valence-electron chi connectivity index (χ3n) is 10.6. The van der Waals surface area contributed by atoms with Gasteiger partial charge in [0.1, 0.15) is 11.2 Å². The van der Waals surface area contributed by atoms with Crippen LogP contribution in [-0.2, 0) is 0 Å². The van der Waals surface area contributed by atoms with Crippen LogP contribution in [0, 0.1) is 0 Å². The van der Waals surface area contributed by atoms with Crippen molar-refractivity contribution >= 4 is 85.1 Å². The molecule has 12 aromatic rings. The molecule has 0 amide bonds. The van der Waals surface area contributed by atoms with Gasteiger partial charge in [0.25, 0.3) is 0 Å². The zero-order valence-corrected chi connectivity index (χ0v) is 31.7. The van der Waals surface area contributed by atoms with Gasteiger partial charge in [-0.1, -0.05) is 140 Å². The second kappa shape index (κ2) is 12.7. The summed E-state index contributed by atoms with van der Waals surface area (Å²) >= 11 is 3.56. The molecule has 0 aliphatic rings. The highest BCUT2D eigenvalue weighted by Crippen LogP contribution is 2.46. The number of hydrogen-bond donors (Lipinski definition) is 0. The first kappa shape index (κ1) is 32.1. The fourth-order valence-electron chi connectivity index (χ4n) is 8.00. The molecule has 0 unspecified atom stereocenters. The smallest absolute Gasteiger partial charge is 0.164 e. The number of benzene rings is 7. The van der Waals surface area contributed by atoms with E-state index >= 15 is 0 Å². The minimum Gasteiger partial charge on any atom is -0.456 e. The molecular formula is C49H27N5OS2. The predicted octanol–water partition coefficient (Wildman–Crippen LogP) is 13.6. The Labute approximate surface area is 333 Å². The van der Waals surface area contributed by atoms with Gasteiger partial charge in [-0.15, -0.1) is 22.7 Å². The van der Waals surface area contributed by atoms with Crippen LogP contribution in [0.1, 0.15) is 0 Å². The molecule has 0 aliphatic heterocycles. The SMILES string of the molecule is c1ccc(-c2nc(-c3ccccc3)nc(-c3cccc4oc5cccc(-c6nc(-c7cccc8c7sc7ccccc78)c7sc8ccccc8c7n6)c5c34)n2)cc1. The molecule has 0 atom stereocenters. The van der Waals surface area contributed by atoms with Crippen molar-refractivity contribution in [2.75, 3.05) is 0 Å². The van der Waals surface area contributed by atoms with E-state index in [1.165, 1.54) is 24.9 Å². The van der Waals surface area contributed by atoms with Crippen LogP contribution in [0.5, 0.6) is 0 Å². The van der Waals surface area contributed by atoms with E-state index in [0.29, 0.717) is 23.3 Å². The highest BCUT2D eigenvalue weighted by atomic mass is 32.1. The summed E-state index contributed by atoms with van der Waals surface area (Å²) in [6.07, 6.45) is 0. The molecule has 5 aromatic heterocycles. The van der Waals surface area contributed by atoms with Crippen LogP contribution in [-0.4, -0.2) is 24.9 Å². The van der Waals surface area contributed by atoms with Crippen molar-refractivity contribution in [2.24, 2.45) is 0 Å². The summed E-state index contributed by atoms with van der Waals surface area (Å²) < 4.78 is 11.4. The van der Waals surface area contributed by atoms with Gasteiger partial charge in [0.15, 0.2) is 23.3 Å². The van der Waals surface area contributed by atoms with Crippen LogP contribution < -0.4 is 0 Å². The molecule has 0 saturated heterocycles. The molecule has 5 heterocycles. The second-order valence-corrected chi connectivity index (χ2v) is 16.1. The molecule has 8 heteroatoms. The molecule has 0 aliphatic carbocycles. The Morgan fingerprint density at radius 2 is 0.842 bits per heavy atom. The van der Waals surface area contributed by atoms with Crippen LogP contribution in [0.2, 0.25) is 0 Å². The van der Waals surface area contributed by atoms with E-state index in [4.69, 9.17) is 29.3 Å². The Balaban J connectivity index is 1.14. The van der Waals surface area contributed by atoms with Crippen LogP contribution >= 0.6 is 22.7 Å². The van der Waals surface area contributed by atoms with Gasteiger partial charge in [0.2, 0.25) is 0 Å². The van der Waals surface area contributed by atoms with E-state index in [2.05, 4.69) is 78.9 Å². The largest absolute Gasteiger partial charge is 0.456 e. The first-order valence-corrected chi connectivity index (χ1v) is 20.3. The van der Waals surface area contributed by atoms with E-state index < -0.39 is 0 Å². The highest BCUT2D eigenvalue weighted by Gasteiger charge is 2.24. The normalized spacial score (nSPS) is 11.9. The maximum absolute atomic E-state index is 6.63. The van der Waals surface area contributed by atoms with Gasteiger partial charge < -0.3 is 4.42 Å². The Morgan fingerprint density at radius 3 is 1.51 bits per heavy atom. The molecule has 266 valence electrons. The standard InChI is InChI=1S/C49H27N5OS2/c1-3-14-28(15-4-1)46-52-47(29-16-5-2-6-17-29)54-49(53-46)34-22-13-25-37-41(34)40-33(21-12-24-36(40)55-37)48-50-42-32-19-8-10-27-39(32)57-45(42)43(51-48)35-23-11-20-31-30-18-7-9-26-38(30)56-44(31)35/h1-27H. The van der Waals surface area contributed by atoms with Gasteiger partial charge in [-0.2, -0.15) is 0 Å². The van der Waals surface area contributed by atoms with Crippen LogP contribution in [0.3, 0.4) is 0 Å². The van der Waals surface area contributed by atoms with E-state index in [0.717, 1.165) is 71.1 Å². The van der Waals surface area contributed by atoms with Crippen molar-refractivity contribution in [3.63, 3.8) is 0 Å². The molecule has 0 spiro atoms. The van der Waals surface area contributed by atoms with Crippen molar-refractivity contribution in [2.45, 2.75) is 0 Å². The molecule has 0 N–H and O–H groups in total. The zero-order valence-electron chi connectivity index (χ0n) is 30.0. The summed E-state index contributed by atoms with van der Waals surface area (Å²) in [5, 5.41) is 5.42. The zero-order chi connectivity index (χ0) is 37.5. The van der Waals surface area contributed by atoms with Gasteiger partial charge in [-0.05, 0) is 24.3 Å². The number of fused-ring (bicyclic) bond motifs is 9. The van der Waals surface area contributed by atoms with Crippen LogP contribution in [0.25, 0.3) is 119 Å². The molecule has 0 saturated carbocycles. The first-order valence-electron chi connectivity index (χ1n) is 18.7. The van der Waals surface area contributed by atoms with Crippen molar-refractivity contribution in [1.29, 1.82) is 0 Å². The van der Waals surface area contributed by atoms with Crippen molar-refractivity contribution in [3.8, 4) is 56.8 Å². The Morgan fingerprint density at radius 1 is 0.351 bits per heavy atom. The van der Waals surface area contributed by atoms with E-state index in [1.807, 2.05) is 96.3 Å². The number of rotatable bonds is 5. The fraction of sp³-hybridized carbons (Fsp3) is 0. The van der Waals surface area contributed by atoms with Crippen molar-refractivity contribution in [3.05, 3.63) is 164 Å². The predicted molar refractivity (Wildman–Crippen MR) is 236 cm³/mol. The third-order valence-corrected chi connectivity index (χ3v) is 13.0. The molecular weight excluding hydrogens is 739 g/mol. The maximum Gasteiger partial charge on any atom is 0.164 e. The Hall–Kier alpha value is -7.13. The number of thiophene rings is 2. The number of aromatic nitrogens is 5. The molecule has 0 radical (unpaired) electrons. The molecule has 6 nitrogen and oxygen atoms in total. The molecule has 57 heavy (non-hydrogen) atoms. The minimum atomic E-state index is 0.558. The summed E-state index contributed by atoms with van der Waals surface area (Å²) in [5.74, 6) is 2.39. The van der Waals surface area contributed by atoms with Crippen molar-refractivity contribution in [1.82, 2.24) is 24.9 Å². The maximum atomic E-state index is 6.63. The van der Waals surface area contributed by atoms with Gasteiger partial charge in [0.05, 0.1) is 15.9 Å². The summed E-state index contributed by atoms with van der Waals surface area (Å²) in [4.78, 5) is 26.1. The summed E-state index contributed by atoms with van der Waals surface area (Å²) in [6.45, 7) is 0. The number of furan rings is 1. The lowest BCUT2D eigenvalue weighted by Crippen LogP contribution is -2.00. The highest BCUT2D eigenvalue weighted by molar-refractivity contribution is 7.27. The minimum absolute atomic E-state index is 0.558. The molecule has 0 fully saturated rings. The summed E-state index contributed by atoms with van der Waals surface area (Å²) in [6, 6.07) is 56.0. The number of nitrogens with zero attached hydrogens (tertiary/aromatic N) is 5. The average Bonchev–Trinajstić information content (AvgIpc) is 3.98.